The van der Waals surface area contributed by atoms with Crippen LogP contribution in [0.15, 0.2) is 24.3 Å². The fourth-order valence-corrected chi connectivity index (χ4v) is 1.19. The predicted octanol–water partition coefficient (Wildman–Crippen LogP) is 2.24. The van der Waals surface area contributed by atoms with Gasteiger partial charge in [-0.25, -0.2) is 0 Å². The molecule has 0 spiro atoms. The lowest BCUT2D eigenvalue weighted by Gasteiger charge is -1.94. The largest absolute Gasteiger partial charge is 0.294 e. The summed E-state index contributed by atoms with van der Waals surface area (Å²) in [7, 11) is 0. The van der Waals surface area contributed by atoms with Crippen LogP contribution in [-0.4, -0.2) is 5.78 Å². The maximum absolute atomic E-state index is 11.1. The minimum absolute atomic E-state index is 0.257. The van der Waals surface area contributed by atoms with Crippen LogP contribution >= 0.6 is 0 Å². The Morgan fingerprint density at radius 1 is 1.80 bits per heavy atom. The van der Waals surface area contributed by atoms with Crippen molar-refractivity contribution >= 4 is 5.78 Å². The second kappa shape index (κ2) is 3.35. The molecular formula is C9H12O. The number of carbonyl (C=O) groups excluding carboxylic acids is 1. The van der Waals surface area contributed by atoms with Crippen molar-refractivity contribution in [1.82, 2.24) is 0 Å². The summed E-state index contributed by atoms with van der Waals surface area (Å²) < 4.78 is 0. The van der Waals surface area contributed by atoms with Gasteiger partial charge in [-0.05, 0) is 24.8 Å². The van der Waals surface area contributed by atoms with Crippen molar-refractivity contribution in [1.29, 1.82) is 0 Å². The van der Waals surface area contributed by atoms with Crippen molar-refractivity contribution in [2.24, 2.45) is 0 Å². The monoisotopic (exact) mass is 136 g/mol. The summed E-state index contributed by atoms with van der Waals surface area (Å²) in [6.45, 7) is 3.52. The van der Waals surface area contributed by atoms with Crippen molar-refractivity contribution in [3.05, 3.63) is 24.3 Å². The van der Waals surface area contributed by atoms with E-state index in [1.807, 2.05) is 6.08 Å². The summed E-state index contributed by atoms with van der Waals surface area (Å²) >= 11 is 0. The molecule has 10 heavy (non-hydrogen) atoms. The second-order valence-corrected chi connectivity index (χ2v) is 2.54. The van der Waals surface area contributed by atoms with Gasteiger partial charge < -0.3 is 0 Å². The van der Waals surface area contributed by atoms with E-state index < -0.39 is 0 Å². The van der Waals surface area contributed by atoms with Crippen LogP contribution in [0.1, 0.15) is 25.7 Å². The third-order valence-electron chi connectivity index (χ3n) is 1.73. The molecule has 1 heteroatoms. The highest BCUT2D eigenvalue weighted by atomic mass is 16.1. The van der Waals surface area contributed by atoms with Crippen LogP contribution in [0.4, 0.5) is 0 Å². The third-order valence-corrected chi connectivity index (χ3v) is 1.73. The standard InChI is InChI=1S/C9H12O/c1-2-5-9(10)8-6-3-4-7-8/h2,6H,1,3-5,7H2. The molecular weight excluding hydrogens is 124 g/mol. The number of rotatable bonds is 3. The average molecular weight is 136 g/mol. The molecule has 0 aromatic carbocycles. The number of ketones is 1. The van der Waals surface area contributed by atoms with Gasteiger partial charge in [-0.2, -0.15) is 0 Å². The van der Waals surface area contributed by atoms with Crippen LogP contribution in [-0.2, 0) is 4.79 Å². The highest BCUT2D eigenvalue weighted by molar-refractivity contribution is 5.96. The summed E-state index contributed by atoms with van der Waals surface area (Å²) in [6.07, 6.45) is 7.43. The Labute approximate surface area is 61.4 Å². The Balaban J connectivity index is 2.47. The number of hydrogen-bond donors (Lipinski definition) is 0. The molecule has 0 heterocycles. The Bertz CT molecular complexity index is 177. The first-order valence-electron chi connectivity index (χ1n) is 3.67. The number of hydrogen-bond acceptors (Lipinski definition) is 1. The Morgan fingerprint density at radius 3 is 3.10 bits per heavy atom. The van der Waals surface area contributed by atoms with E-state index >= 15 is 0 Å². The van der Waals surface area contributed by atoms with Gasteiger partial charge in [-0.15, -0.1) is 6.58 Å². The average Bonchev–Trinajstić information content (AvgIpc) is 2.38. The highest BCUT2D eigenvalue weighted by Gasteiger charge is 2.10. The van der Waals surface area contributed by atoms with Crippen molar-refractivity contribution in [3.8, 4) is 0 Å². The maximum Gasteiger partial charge on any atom is 0.162 e. The number of allylic oxidation sites excluding steroid dienone is 3. The summed E-state index contributed by atoms with van der Waals surface area (Å²) in [6, 6.07) is 0. The lowest BCUT2D eigenvalue weighted by molar-refractivity contribution is -0.114. The molecule has 0 aliphatic heterocycles. The molecule has 1 aliphatic carbocycles. The minimum atomic E-state index is 0.257. The zero-order chi connectivity index (χ0) is 7.40. The molecule has 0 saturated carbocycles. The molecule has 0 saturated heterocycles. The molecule has 0 amide bonds. The Hall–Kier alpha value is -0.850. The molecule has 0 bridgehead atoms. The van der Waals surface area contributed by atoms with Gasteiger partial charge in [0, 0.05) is 6.42 Å². The van der Waals surface area contributed by atoms with Crippen molar-refractivity contribution < 1.29 is 4.79 Å². The molecule has 0 aromatic rings. The van der Waals surface area contributed by atoms with E-state index in [1.54, 1.807) is 6.08 Å². The number of Topliss-reactive ketones (excluding diaryl/α,β-unsaturated/α-hetero) is 1. The van der Waals surface area contributed by atoms with E-state index in [2.05, 4.69) is 6.58 Å². The van der Waals surface area contributed by atoms with Crippen LogP contribution < -0.4 is 0 Å². The fourth-order valence-electron chi connectivity index (χ4n) is 1.19. The minimum Gasteiger partial charge on any atom is -0.294 e. The molecule has 54 valence electrons. The fraction of sp³-hybridized carbons (Fsp3) is 0.444. The highest BCUT2D eigenvalue weighted by Crippen LogP contribution is 2.19. The van der Waals surface area contributed by atoms with Gasteiger partial charge in [0.2, 0.25) is 0 Å². The van der Waals surface area contributed by atoms with E-state index in [1.165, 1.54) is 0 Å². The van der Waals surface area contributed by atoms with E-state index in [9.17, 15) is 4.79 Å². The first-order valence-corrected chi connectivity index (χ1v) is 3.67. The zero-order valence-corrected chi connectivity index (χ0v) is 6.10. The first-order chi connectivity index (χ1) is 4.84. The van der Waals surface area contributed by atoms with E-state index in [0.717, 1.165) is 24.8 Å². The lowest BCUT2D eigenvalue weighted by atomic mass is 10.1. The van der Waals surface area contributed by atoms with Gasteiger partial charge in [0.15, 0.2) is 5.78 Å². The Morgan fingerprint density at radius 2 is 2.60 bits per heavy atom. The normalized spacial score (nSPS) is 16.6. The quantitative estimate of drug-likeness (QED) is 0.544. The molecule has 0 aromatic heterocycles. The summed E-state index contributed by atoms with van der Waals surface area (Å²) in [5.74, 6) is 0.257. The first kappa shape index (κ1) is 7.26. The second-order valence-electron chi connectivity index (χ2n) is 2.54. The molecule has 0 N–H and O–H groups in total. The van der Waals surface area contributed by atoms with Gasteiger partial charge in [-0.3, -0.25) is 4.79 Å². The molecule has 0 atom stereocenters. The van der Waals surface area contributed by atoms with Gasteiger partial charge in [0.1, 0.15) is 0 Å². The maximum atomic E-state index is 11.1. The number of carbonyl (C=O) groups is 1. The third kappa shape index (κ3) is 1.56. The van der Waals surface area contributed by atoms with Gasteiger partial charge in [-0.1, -0.05) is 12.2 Å². The van der Waals surface area contributed by atoms with E-state index in [0.29, 0.717) is 6.42 Å². The predicted molar refractivity (Wildman–Crippen MR) is 41.8 cm³/mol. The van der Waals surface area contributed by atoms with Crippen LogP contribution in [0, 0.1) is 0 Å². The topological polar surface area (TPSA) is 17.1 Å². The van der Waals surface area contributed by atoms with E-state index in [4.69, 9.17) is 0 Å². The van der Waals surface area contributed by atoms with Crippen LogP contribution in [0.5, 0.6) is 0 Å². The van der Waals surface area contributed by atoms with Crippen LogP contribution in [0.2, 0.25) is 0 Å². The molecule has 1 rings (SSSR count). The zero-order valence-electron chi connectivity index (χ0n) is 6.10. The van der Waals surface area contributed by atoms with Crippen LogP contribution in [0.25, 0.3) is 0 Å². The molecule has 1 nitrogen and oxygen atoms in total. The molecule has 0 radical (unpaired) electrons. The Kier molecular flexibility index (Phi) is 2.43. The van der Waals surface area contributed by atoms with Crippen molar-refractivity contribution in [2.45, 2.75) is 25.7 Å². The van der Waals surface area contributed by atoms with Gasteiger partial charge in [0.05, 0.1) is 0 Å². The molecule has 1 aliphatic rings. The van der Waals surface area contributed by atoms with Crippen molar-refractivity contribution in [2.75, 3.05) is 0 Å². The molecule has 0 unspecified atom stereocenters. The summed E-state index contributed by atoms with van der Waals surface area (Å²) in [5.41, 5.74) is 1.01. The van der Waals surface area contributed by atoms with Crippen LogP contribution in [0.3, 0.4) is 0 Å². The smallest absolute Gasteiger partial charge is 0.162 e. The summed E-state index contributed by atoms with van der Waals surface area (Å²) in [5, 5.41) is 0. The molecule has 0 fully saturated rings. The summed E-state index contributed by atoms with van der Waals surface area (Å²) in [4.78, 5) is 11.1. The van der Waals surface area contributed by atoms with Gasteiger partial charge >= 0.3 is 0 Å². The van der Waals surface area contributed by atoms with Crippen molar-refractivity contribution in [3.63, 3.8) is 0 Å². The van der Waals surface area contributed by atoms with Gasteiger partial charge in [0.25, 0.3) is 0 Å². The lowest BCUT2D eigenvalue weighted by Crippen LogP contribution is -1.97. The SMILES string of the molecule is C=CCC(=O)C1=CCCC1. The van der Waals surface area contributed by atoms with E-state index in [-0.39, 0.29) is 5.78 Å².